The highest BCUT2D eigenvalue weighted by molar-refractivity contribution is 7.92. The molecule has 0 bridgehead atoms. The van der Waals surface area contributed by atoms with Crippen molar-refractivity contribution in [2.45, 2.75) is 46.7 Å². The van der Waals surface area contributed by atoms with E-state index in [1.807, 2.05) is 64.1 Å². The Hall–Kier alpha value is -2.54. The van der Waals surface area contributed by atoms with Crippen molar-refractivity contribution >= 4 is 21.6 Å². The maximum Gasteiger partial charge on any atom is 0.244 e. The van der Waals surface area contributed by atoms with E-state index >= 15 is 0 Å². The minimum Gasteiger partial charge on any atom is -0.494 e. The third kappa shape index (κ3) is 5.97. The molecular weight excluding hydrogens is 388 g/mol. The lowest BCUT2D eigenvalue weighted by Gasteiger charge is -2.31. The zero-order valence-electron chi connectivity index (χ0n) is 17.7. The molecule has 0 radical (unpaired) electrons. The monoisotopic (exact) mass is 418 g/mol. The van der Waals surface area contributed by atoms with E-state index in [4.69, 9.17) is 4.74 Å². The predicted octanol–water partition coefficient (Wildman–Crippen LogP) is 3.56. The quantitative estimate of drug-likeness (QED) is 0.676. The maximum atomic E-state index is 12.9. The number of hydrogen-bond donors (Lipinski definition) is 1. The van der Waals surface area contributed by atoms with Crippen LogP contribution in [0.1, 0.15) is 37.0 Å². The van der Waals surface area contributed by atoms with Gasteiger partial charge >= 0.3 is 0 Å². The molecule has 0 aliphatic carbocycles. The summed E-state index contributed by atoms with van der Waals surface area (Å²) in [6.07, 6.45) is 1.49. The molecule has 1 amide bonds. The average molecular weight is 419 g/mol. The number of nitrogens with zero attached hydrogens (tertiary/aromatic N) is 1. The van der Waals surface area contributed by atoms with Gasteiger partial charge in [0, 0.05) is 6.54 Å². The van der Waals surface area contributed by atoms with Gasteiger partial charge in [0.2, 0.25) is 15.9 Å². The topological polar surface area (TPSA) is 75.7 Å². The second kappa shape index (κ2) is 9.78. The fraction of sp³-hybridized carbons (Fsp3) is 0.409. The molecule has 2 aromatic rings. The molecule has 2 aromatic carbocycles. The second-order valence-corrected chi connectivity index (χ2v) is 8.93. The highest BCUT2D eigenvalue weighted by Crippen LogP contribution is 2.27. The van der Waals surface area contributed by atoms with Crippen LogP contribution in [0.5, 0.6) is 5.75 Å². The van der Waals surface area contributed by atoms with Crippen molar-refractivity contribution in [3.8, 4) is 5.75 Å². The average Bonchev–Trinajstić information content (AvgIpc) is 2.66. The summed E-state index contributed by atoms with van der Waals surface area (Å²) in [6.45, 7) is 8.38. The molecule has 158 valence electrons. The number of carbonyl (C=O) groups is 1. The Bertz CT molecular complexity index is 940. The van der Waals surface area contributed by atoms with Crippen LogP contribution in [-0.4, -0.2) is 33.2 Å². The SMILES string of the molecule is CCOc1ccc(CNC(=O)C(CC)N(c2cc(C)ccc2C)S(C)(=O)=O)cc1. The molecule has 29 heavy (non-hydrogen) atoms. The summed E-state index contributed by atoms with van der Waals surface area (Å²) in [7, 11) is -3.65. The summed E-state index contributed by atoms with van der Waals surface area (Å²) >= 11 is 0. The van der Waals surface area contributed by atoms with Crippen molar-refractivity contribution in [3.05, 3.63) is 59.2 Å². The first-order valence-corrected chi connectivity index (χ1v) is 11.6. The van der Waals surface area contributed by atoms with Gasteiger partial charge < -0.3 is 10.1 Å². The highest BCUT2D eigenvalue weighted by Gasteiger charge is 2.32. The lowest BCUT2D eigenvalue weighted by molar-refractivity contribution is -0.122. The van der Waals surface area contributed by atoms with Crippen LogP contribution in [0.3, 0.4) is 0 Å². The molecule has 1 unspecified atom stereocenters. The van der Waals surface area contributed by atoms with E-state index in [0.29, 0.717) is 25.3 Å². The van der Waals surface area contributed by atoms with E-state index in [1.165, 1.54) is 4.31 Å². The number of ether oxygens (including phenoxy) is 1. The molecule has 0 aliphatic rings. The van der Waals surface area contributed by atoms with Gasteiger partial charge in [-0.05, 0) is 62.1 Å². The van der Waals surface area contributed by atoms with Gasteiger partial charge in [0.25, 0.3) is 0 Å². The standard InChI is InChI=1S/C22H30N2O4S/c1-6-20(22(25)23-15-18-10-12-19(13-11-18)28-7-2)24(29(5,26)27)21-14-16(3)8-9-17(21)4/h8-14,20H,6-7,15H2,1-5H3,(H,23,25). The summed E-state index contributed by atoms with van der Waals surface area (Å²) in [5, 5.41) is 2.87. The lowest BCUT2D eigenvalue weighted by atomic mass is 10.1. The lowest BCUT2D eigenvalue weighted by Crippen LogP contribution is -2.49. The van der Waals surface area contributed by atoms with Crippen LogP contribution in [0.15, 0.2) is 42.5 Å². The first-order valence-electron chi connectivity index (χ1n) is 9.73. The maximum absolute atomic E-state index is 12.9. The van der Waals surface area contributed by atoms with Gasteiger partial charge in [-0.3, -0.25) is 9.10 Å². The number of sulfonamides is 1. The molecule has 0 heterocycles. The largest absolute Gasteiger partial charge is 0.494 e. The van der Waals surface area contributed by atoms with Crippen LogP contribution >= 0.6 is 0 Å². The Morgan fingerprint density at radius 1 is 1.10 bits per heavy atom. The molecule has 0 saturated carbocycles. The van der Waals surface area contributed by atoms with Crippen LogP contribution in [0.2, 0.25) is 0 Å². The van der Waals surface area contributed by atoms with Crippen LogP contribution < -0.4 is 14.4 Å². The number of nitrogens with one attached hydrogen (secondary N) is 1. The first kappa shape index (κ1) is 22.7. The van der Waals surface area contributed by atoms with Gasteiger partial charge in [-0.25, -0.2) is 8.42 Å². The summed E-state index contributed by atoms with van der Waals surface area (Å²) in [5.41, 5.74) is 3.19. The smallest absolute Gasteiger partial charge is 0.244 e. The van der Waals surface area contributed by atoms with Gasteiger partial charge in [0.05, 0.1) is 18.6 Å². The Labute approximate surface area is 173 Å². The fourth-order valence-electron chi connectivity index (χ4n) is 3.17. The van der Waals surface area contributed by atoms with Crippen LogP contribution in [0.4, 0.5) is 5.69 Å². The Morgan fingerprint density at radius 3 is 2.31 bits per heavy atom. The molecule has 2 rings (SSSR count). The van der Waals surface area contributed by atoms with Crippen molar-refractivity contribution in [2.24, 2.45) is 0 Å². The minimum atomic E-state index is -3.65. The van der Waals surface area contributed by atoms with Gasteiger partial charge in [0.1, 0.15) is 11.8 Å². The normalized spacial score (nSPS) is 12.3. The van der Waals surface area contributed by atoms with E-state index in [9.17, 15) is 13.2 Å². The van der Waals surface area contributed by atoms with Crippen LogP contribution in [-0.2, 0) is 21.4 Å². The third-order valence-electron chi connectivity index (χ3n) is 4.63. The molecule has 1 atom stereocenters. The molecule has 0 aromatic heterocycles. The zero-order valence-corrected chi connectivity index (χ0v) is 18.5. The third-order valence-corrected chi connectivity index (χ3v) is 5.80. The van der Waals surface area contributed by atoms with Crippen LogP contribution in [0.25, 0.3) is 0 Å². The number of aryl methyl sites for hydroxylation is 2. The van der Waals surface area contributed by atoms with Gasteiger partial charge in [-0.1, -0.05) is 31.2 Å². The van der Waals surface area contributed by atoms with Gasteiger partial charge in [-0.15, -0.1) is 0 Å². The number of rotatable bonds is 9. The van der Waals surface area contributed by atoms with E-state index in [-0.39, 0.29) is 5.91 Å². The Kier molecular flexibility index (Phi) is 7.67. The van der Waals surface area contributed by atoms with Crippen LogP contribution in [0, 0.1) is 13.8 Å². The Balaban J connectivity index is 2.23. The summed E-state index contributed by atoms with van der Waals surface area (Å²) in [6, 6.07) is 12.2. The van der Waals surface area contributed by atoms with Crippen molar-refractivity contribution < 1.29 is 17.9 Å². The molecule has 1 N–H and O–H groups in total. The van der Waals surface area contributed by atoms with E-state index in [2.05, 4.69) is 5.32 Å². The summed E-state index contributed by atoms with van der Waals surface area (Å²) in [5.74, 6) is 0.444. The zero-order chi connectivity index (χ0) is 21.6. The minimum absolute atomic E-state index is 0.312. The molecule has 0 fully saturated rings. The van der Waals surface area contributed by atoms with Gasteiger partial charge in [0.15, 0.2) is 0 Å². The number of hydrogen-bond acceptors (Lipinski definition) is 4. The van der Waals surface area contributed by atoms with Gasteiger partial charge in [-0.2, -0.15) is 0 Å². The fourth-order valence-corrected chi connectivity index (χ4v) is 4.43. The molecule has 6 nitrogen and oxygen atoms in total. The van der Waals surface area contributed by atoms with Crippen molar-refractivity contribution in [3.63, 3.8) is 0 Å². The number of amides is 1. The van der Waals surface area contributed by atoms with E-state index in [1.54, 1.807) is 6.07 Å². The Morgan fingerprint density at radius 2 is 1.76 bits per heavy atom. The molecule has 0 spiro atoms. The molecule has 0 saturated heterocycles. The van der Waals surface area contributed by atoms with Crippen molar-refractivity contribution in [1.82, 2.24) is 5.32 Å². The predicted molar refractivity (Wildman–Crippen MR) is 117 cm³/mol. The van der Waals surface area contributed by atoms with Crippen molar-refractivity contribution in [2.75, 3.05) is 17.2 Å². The summed E-state index contributed by atoms with van der Waals surface area (Å²) in [4.78, 5) is 12.9. The second-order valence-electron chi connectivity index (χ2n) is 7.07. The van der Waals surface area contributed by atoms with E-state index < -0.39 is 16.1 Å². The molecule has 0 aliphatic heterocycles. The first-order chi connectivity index (χ1) is 13.7. The highest BCUT2D eigenvalue weighted by atomic mass is 32.2. The van der Waals surface area contributed by atoms with E-state index in [0.717, 1.165) is 28.7 Å². The molecular formula is C22H30N2O4S. The number of anilines is 1. The molecule has 7 heteroatoms. The summed E-state index contributed by atoms with van der Waals surface area (Å²) < 4.78 is 31.9. The number of carbonyl (C=O) groups excluding carboxylic acids is 1. The van der Waals surface area contributed by atoms with Crippen molar-refractivity contribution in [1.29, 1.82) is 0 Å². The number of benzene rings is 2.